The highest BCUT2D eigenvalue weighted by molar-refractivity contribution is 9.10. The first-order valence-corrected chi connectivity index (χ1v) is 7.24. The molecule has 0 aliphatic carbocycles. The molecule has 0 spiro atoms. The molecule has 0 saturated carbocycles. The van der Waals surface area contributed by atoms with E-state index in [1.54, 1.807) is 4.68 Å². The van der Waals surface area contributed by atoms with Gasteiger partial charge in [-0.1, -0.05) is 5.21 Å². The van der Waals surface area contributed by atoms with E-state index < -0.39 is 0 Å². The summed E-state index contributed by atoms with van der Waals surface area (Å²) in [4.78, 5) is 4.70. The fraction of sp³-hybridized carbons (Fsp3) is 0.818. The molecule has 0 aromatic carbocycles. The van der Waals surface area contributed by atoms with E-state index in [0.29, 0.717) is 0 Å². The second-order valence-corrected chi connectivity index (χ2v) is 5.95. The molecule has 1 aromatic rings. The molecule has 3 N–H and O–H groups in total. The van der Waals surface area contributed by atoms with Gasteiger partial charge < -0.3 is 9.80 Å². The van der Waals surface area contributed by atoms with E-state index in [1.807, 2.05) is 7.05 Å². The minimum Gasteiger partial charge on any atom is -0.305 e. The molecule has 2 heterocycles. The fourth-order valence-corrected chi connectivity index (χ4v) is 3.28. The summed E-state index contributed by atoms with van der Waals surface area (Å²) in [6, 6.07) is 0.269. The number of aryl methyl sites for hydroxylation is 1. The van der Waals surface area contributed by atoms with Gasteiger partial charge in [-0.2, -0.15) is 0 Å². The Labute approximate surface area is 122 Å². The molecule has 2 unspecified atom stereocenters. The lowest BCUT2D eigenvalue weighted by molar-refractivity contribution is 0.174. The molecule has 1 aliphatic rings. The van der Waals surface area contributed by atoms with Crippen molar-refractivity contribution in [3.63, 3.8) is 0 Å². The Morgan fingerprint density at radius 2 is 2.11 bits per heavy atom. The van der Waals surface area contributed by atoms with Gasteiger partial charge in [0.15, 0.2) is 4.60 Å². The minimum absolute atomic E-state index is 0.0140. The van der Waals surface area contributed by atoms with Crippen LogP contribution in [-0.2, 0) is 7.05 Å². The van der Waals surface area contributed by atoms with Gasteiger partial charge in [0.1, 0.15) is 0 Å². The van der Waals surface area contributed by atoms with Crippen LogP contribution in [0.1, 0.15) is 18.2 Å². The van der Waals surface area contributed by atoms with E-state index in [9.17, 15) is 0 Å². The monoisotopic (exact) mass is 331 g/mol. The van der Waals surface area contributed by atoms with Crippen molar-refractivity contribution < 1.29 is 0 Å². The Morgan fingerprint density at radius 1 is 1.37 bits per heavy atom. The first-order valence-electron chi connectivity index (χ1n) is 6.44. The summed E-state index contributed by atoms with van der Waals surface area (Å²) >= 11 is 3.46. The van der Waals surface area contributed by atoms with Crippen molar-refractivity contribution in [2.75, 3.05) is 33.7 Å². The van der Waals surface area contributed by atoms with Crippen LogP contribution in [0.4, 0.5) is 0 Å². The second kappa shape index (κ2) is 6.27. The van der Waals surface area contributed by atoms with Crippen molar-refractivity contribution in [3.05, 3.63) is 10.3 Å². The molecule has 1 aromatic heterocycles. The Balaban J connectivity index is 2.29. The first kappa shape index (κ1) is 14.9. The Hall–Kier alpha value is -0.540. The molecule has 1 aliphatic heterocycles. The van der Waals surface area contributed by atoms with Gasteiger partial charge in [0.25, 0.3) is 0 Å². The van der Waals surface area contributed by atoms with E-state index >= 15 is 0 Å². The maximum absolute atomic E-state index is 5.81. The number of nitrogens with one attached hydrogen (secondary N) is 1. The Kier molecular flexibility index (Phi) is 4.91. The normalized spacial score (nSPS) is 24.4. The predicted molar refractivity (Wildman–Crippen MR) is 77.3 cm³/mol. The summed E-state index contributed by atoms with van der Waals surface area (Å²) in [5.41, 5.74) is 3.92. The lowest BCUT2D eigenvalue weighted by Gasteiger charge is -2.34. The highest BCUT2D eigenvalue weighted by atomic mass is 79.9. The van der Waals surface area contributed by atoms with Gasteiger partial charge in [-0.3, -0.25) is 5.84 Å². The molecule has 19 heavy (non-hydrogen) atoms. The zero-order valence-electron chi connectivity index (χ0n) is 11.7. The largest absolute Gasteiger partial charge is 0.305 e. The summed E-state index contributed by atoms with van der Waals surface area (Å²) in [6.07, 6.45) is 1.17. The summed E-state index contributed by atoms with van der Waals surface area (Å²) in [7, 11) is 6.18. The lowest BCUT2D eigenvalue weighted by atomic mass is 10.0. The number of aromatic nitrogens is 3. The minimum atomic E-state index is -0.0140. The summed E-state index contributed by atoms with van der Waals surface area (Å²) in [5.74, 6) is 5.81. The van der Waals surface area contributed by atoms with Crippen LogP contribution in [0.5, 0.6) is 0 Å². The summed E-state index contributed by atoms with van der Waals surface area (Å²) < 4.78 is 2.52. The van der Waals surface area contributed by atoms with Crippen LogP contribution >= 0.6 is 15.9 Å². The number of hydrogen-bond donors (Lipinski definition) is 2. The van der Waals surface area contributed by atoms with E-state index in [1.165, 1.54) is 6.42 Å². The molecule has 1 saturated heterocycles. The highest BCUT2D eigenvalue weighted by Gasteiger charge is 2.32. The number of nitrogens with zero attached hydrogens (tertiary/aromatic N) is 5. The molecule has 0 radical (unpaired) electrons. The van der Waals surface area contributed by atoms with E-state index in [0.717, 1.165) is 29.9 Å². The average molecular weight is 332 g/mol. The summed E-state index contributed by atoms with van der Waals surface area (Å²) in [5, 5.41) is 8.09. The van der Waals surface area contributed by atoms with Gasteiger partial charge in [-0.25, -0.2) is 10.1 Å². The van der Waals surface area contributed by atoms with Crippen molar-refractivity contribution in [1.82, 2.24) is 30.2 Å². The molecule has 0 bridgehead atoms. The fourth-order valence-electron chi connectivity index (χ4n) is 2.71. The Morgan fingerprint density at radius 3 is 2.68 bits per heavy atom. The van der Waals surface area contributed by atoms with Crippen LogP contribution in [0.2, 0.25) is 0 Å². The zero-order chi connectivity index (χ0) is 14.0. The molecule has 8 heteroatoms. The number of hydrazine groups is 1. The van der Waals surface area contributed by atoms with Crippen LogP contribution < -0.4 is 11.3 Å². The lowest BCUT2D eigenvalue weighted by Crippen LogP contribution is -2.49. The quantitative estimate of drug-likeness (QED) is 0.586. The van der Waals surface area contributed by atoms with E-state index in [-0.39, 0.29) is 12.1 Å². The average Bonchev–Trinajstić information content (AvgIpc) is 2.60. The number of hydrogen-bond acceptors (Lipinski definition) is 6. The first-order chi connectivity index (χ1) is 9.04. The third-order valence-corrected chi connectivity index (χ3v) is 4.37. The maximum atomic E-state index is 5.81. The van der Waals surface area contributed by atoms with Crippen molar-refractivity contribution in [3.8, 4) is 0 Å². The standard InChI is InChI=1S/C11H22BrN7/c1-17-5-4-6-18(2)8(7-17)9(14-13)10-11(12)15-16-19(10)3/h8-9,14H,4-7,13H2,1-3H3. The summed E-state index contributed by atoms with van der Waals surface area (Å²) in [6.45, 7) is 3.14. The van der Waals surface area contributed by atoms with E-state index in [2.05, 4.69) is 55.6 Å². The maximum Gasteiger partial charge on any atom is 0.153 e. The van der Waals surface area contributed by atoms with Crippen LogP contribution in [-0.4, -0.2) is 64.6 Å². The van der Waals surface area contributed by atoms with Gasteiger partial charge in [-0.15, -0.1) is 5.10 Å². The number of rotatable bonds is 3. The number of nitrogens with two attached hydrogens (primary N) is 1. The van der Waals surface area contributed by atoms with Crippen LogP contribution in [0, 0.1) is 0 Å². The molecule has 1 fully saturated rings. The molecule has 108 valence electrons. The van der Waals surface area contributed by atoms with E-state index in [4.69, 9.17) is 5.84 Å². The molecule has 2 atom stereocenters. The highest BCUT2D eigenvalue weighted by Crippen LogP contribution is 2.26. The van der Waals surface area contributed by atoms with Crippen molar-refractivity contribution in [2.45, 2.75) is 18.5 Å². The van der Waals surface area contributed by atoms with Gasteiger partial charge in [-0.05, 0) is 49.5 Å². The molecular formula is C11H22BrN7. The van der Waals surface area contributed by atoms with Gasteiger partial charge in [0.05, 0.1) is 11.7 Å². The van der Waals surface area contributed by atoms with Crippen LogP contribution in [0.15, 0.2) is 4.60 Å². The topological polar surface area (TPSA) is 75.2 Å². The number of halogens is 1. The SMILES string of the molecule is CN1CCCN(C)C(C(NN)c2c(Br)nnn2C)C1. The van der Waals surface area contributed by atoms with Gasteiger partial charge >= 0.3 is 0 Å². The predicted octanol–water partition coefficient (Wildman–Crippen LogP) is -0.282. The smallest absolute Gasteiger partial charge is 0.153 e. The molecule has 2 rings (SSSR count). The van der Waals surface area contributed by atoms with Crippen molar-refractivity contribution in [1.29, 1.82) is 0 Å². The van der Waals surface area contributed by atoms with Gasteiger partial charge in [0.2, 0.25) is 0 Å². The second-order valence-electron chi connectivity index (χ2n) is 5.20. The third kappa shape index (κ3) is 3.14. The van der Waals surface area contributed by atoms with Crippen molar-refractivity contribution in [2.24, 2.45) is 12.9 Å². The third-order valence-electron chi connectivity index (χ3n) is 3.80. The van der Waals surface area contributed by atoms with Gasteiger partial charge in [0, 0.05) is 19.6 Å². The molecular weight excluding hydrogens is 310 g/mol. The Bertz CT molecular complexity index is 402. The van der Waals surface area contributed by atoms with Crippen molar-refractivity contribution >= 4 is 15.9 Å². The number of likely N-dealkylation sites (N-methyl/N-ethyl adjacent to an activating group) is 2. The molecule has 7 nitrogen and oxygen atoms in total. The molecule has 0 amide bonds. The van der Waals surface area contributed by atoms with Crippen LogP contribution in [0.3, 0.4) is 0 Å². The van der Waals surface area contributed by atoms with Crippen LogP contribution in [0.25, 0.3) is 0 Å². The zero-order valence-corrected chi connectivity index (χ0v) is 13.3.